The van der Waals surface area contributed by atoms with E-state index in [0.29, 0.717) is 37.0 Å². The van der Waals surface area contributed by atoms with Crippen LogP contribution in [0.4, 0.5) is 0 Å². The highest BCUT2D eigenvalue weighted by molar-refractivity contribution is 6.23. The molecule has 16 heavy (non-hydrogen) atoms. The smallest absolute Gasteiger partial charge is 0.168 e. The normalized spacial score (nSPS) is 20.2. The Morgan fingerprint density at radius 2 is 2.19 bits per heavy atom. The maximum Gasteiger partial charge on any atom is 0.168 e. The van der Waals surface area contributed by atoms with Crippen molar-refractivity contribution in [3.05, 3.63) is 11.3 Å². The third kappa shape index (κ3) is 3.17. The molecule has 0 saturated heterocycles. The molecule has 0 amide bonds. The van der Waals surface area contributed by atoms with Gasteiger partial charge in [0.05, 0.1) is 18.2 Å². The van der Waals surface area contributed by atoms with E-state index in [1.165, 1.54) is 0 Å². The number of nitrogens with zero attached hydrogens (tertiary/aromatic N) is 1. The number of ketones is 1. The van der Waals surface area contributed by atoms with Gasteiger partial charge in [-0.05, 0) is 19.8 Å². The molecule has 1 atom stereocenters. The van der Waals surface area contributed by atoms with Gasteiger partial charge in [-0.3, -0.25) is 9.79 Å². The number of aliphatic imine (C=N–C) groups is 1. The van der Waals surface area contributed by atoms with E-state index < -0.39 is 6.10 Å². The lowest BCUT2D eigenvalue weighted by molar-refractivity contribution is -0.115. The van der Waals surface area contributed by atoms with Gasteiger partial charge in [-0.15, -0.1) is 0 Å². The molecule has 0 aromatic carbocycles. The molecule has 4 heteroatoms. The Morgan fingerprint density at radius 1 is 1.50 bits per heavy atom. The Morgan fingerprint density at radius 3 is 2.69 bits per heavy atom. The summed E-state index contributed by atoms with van der Waals surface area (Å²) >= 11 is 0. The summed E-state index contributed by atoms with van der Waals surface area (Å²) in [5.41, 5.74) is 0.998. The summed E-state index contributed by atoms with van der Waals surface area (Å²) in [4.78, 5) is 15.9. The molecule has 0 aromatic rings. The summed E-state index contributed by atoms with van der Waals surface area (Å²) in [6.07, 6.45) is 1.81. The van der Waals surface area contributed by atoms with Crippen molar-refractivity contribution in [1.82, 2.24) is 0 Å². The number of carbonyl (C=O) groups is 1. The van der Waals surface area contributed by atoms with Crippen molar-refractivity contribution in [2.24, 2.45) is 4.99 Å². The molecular formula is C12H19NO3. The zero-order chi connectivity index (χ0) is 12.1. The van der Waals surface area contributed by atoms with E-state index in [9.17, 15) is 9.90 Å². The summed E-state index contributed by atoms with van der Waals surface area (Å²) in [5.74, 6) is 0.123. The first-order chi connectivity index (χ1) is 7.56. The summed E-state index contributed by atoms with van der Waals surface area (Å²) in [5, 5.41) is 18.9. The van der Waals surface area contributed by atoms with Crippen molar-refractivity contribution in [3.8, 4) is 0 Å². The van der Waals surface area contributed by atoms with Crippen LogP contribution in [0.5, 0.6) is 0 Å². The molecule has 2 N–H and O–H groups in total. The number of hydrogen-bond donors (Lipinski definition) is 2. The molecule has 1 aliphatic carbocycles. The average molecular weight is 225 g/mol. The van der Waals surface area contributed by atoms with Crippen LogP contribution in [0.1, 0.15) is 39.5 Å². The van der Waals surface area contributed by atoms with Gasteiger partial charge in [0.15, 0.2) is 5.78 Å². The highest BCUT2D eigenvalue weighted by Crippen LogP contribution is 2.22. The van der Waals surface area contributed by atoms with Gasteiger partial charge < -0.3 is 10.2 Å². The molecule has 1 unspecified atom stereocenters. The minimum Gasteiger partial charge on any atom is -0.511 e. The molecule has 1 aliphatic rings. The minimum absolute atomic E-state index is 0.0325. The monoisotopic (exact) mass is 225 g/mol. The van der Waals surface area contributed by atoms with E-state index in [-0.39, 0.29) is 18.1 Å². The first kappa shape index (κ1) is 12.9. The fourth-order valence-electron chi connectivity index (χ4n) is 1.76. The highest BCUT2D eigenvalue weighted by atomic mass is 16.3. The van der Waals surface area contributed by atoms with Gasteiger partial charge in [-0.2, -0.15) is 0 Å². The lowest BCUT2D eigenvalue weighted by Gasteiger charge is -2.16. The lowest BCUT2D eigenvalue weighted by atomic mass is 9.92. The first-order valence-electron chi connectivity index (χ1n) is 5.73. The van der Waals surface area contributed by atoms with Crippen LogP contribution in [0.2, 0.25) is 0 Å². The molecule has 0 bridgehead atoms. The standard InChI is InChI=1S/C12H19NO3/c1-3-9(13-7-8(2)14)12-10(15)5-4-6-11(12)16/h8,14-15H,3-7H2,1-2H3. The predicted molar refractivity (Wildman–Crippen MR) is 62.8 cm³/mol. The molecule has 0 radical (unpaired) electrons. The predicted octanol–water partition coefficient (Wildman–Crippen LogP) is 1.78. The summed E-state index contributed by atoms with van der Waals surface area (Å²) in [6.45, 7) is 3.81. The third-order valence-electron chi connectivity index (χ3n) is 2.55. The summed E-state index contributed by atoms with van der Waals surface area (Å²) < 4.78 is 0. The number of aliphatic hydroxyl groups is 2. The summed E-state index contributed by atoms with van der Waals surface area (Å²) in [6, 6.07) is 0. The molecule has 0 fully saturated rings. The topological polar surface area (TPSA) is 69.9 Å². The zero-order valence-electron chi connectivity index (χ0n) is 9.86. The molecule has 0 aliphatic heterocycles. The second kappa shape index (κ2) is 5.80. The van der Waals surface area contributed by atoms with Crippen molar-refractivity contribution in [2.45, 2.75) is 45.6 Å². The maximum absolute atomic E-state index is 11.7. The van der Waals surface area contributed by atoms with Crippen LogP contribution >= 0.6 is 0 Å². The van der Waals surface area contributed by atoms with Gasteiger partial charge in [0, 0.05) is 18.6 Å². The lowest BCUT2D eigenvalue weighted by Crippen LogP contribution is -2.20. The Kier molecular flexibility index (Phi) is 4.68. The van der Waals surface area contributed by atoms with Crippen molar-refractivity contribution in [3.63, 3.8) is 0 Å². The highest BCUT2D eigenvalue weighted by Gasteiger charge is 2.23. The number of carbonyl (C=O) groups excluding carboxylic acids is 1. The number of allylic oxidation sites excluding steroid dienone is 2. The Balaban J connectivity index is 2.94. The maximum atomic E-state index is 11.7. The number of Topliss-reactive ketones (excluding diaryl/α,β-unsaturated/α-hetero) is 1. The van der Waals surface area contributed by atoms with Crippen LogP contribution in [-0.2, 0) is 4.79 Å². The van der Waals surface area contributed by atoms with Crippen LogP contribution in [0.15, 0.2) is 16.3 Å². The van der Waals surface area contributed by atoms with E-state index in [0.717, 1.165) is 0 Å². The second-order valence-electron chi connectivity index (χ2n) is 4.09. The molecule has 0 aromatic heterocycles. The van der Waals surface area contributed by atoms with E-state index in [1.807, 2.05) is 6.92 Å². The summed E-state index contributed by atoms with van der Waals surface area (Å²) in [7, 11) is 0. The van der Waals surface area contributed by atoms with Crippen LogP contribution in [0, 0.1) is 0 Å². The molecule has 0 saturated carbocycles. The quantitative estimate of drug-likeness (QED) is 0.716. The third-order valence-corrected chi connectivity index (χ3v) is 2.55. The van der Waals surface area contributed by atoms with Gasteiger partial charge in [0.1, 0.15) is 5.76 Å². The SMILES string of the molecule is CCC(=NCC(C)O)C1=C(O)CCCC1=O. The van der Waals surface area contributed by atoms with E-state index in [1.54, 1.807) is 6.92 Å². The van der Waals surface area contributed by atoms with Crippen molar-refractivity contribution >= 4 is 11.5 Å². The molecule has 1 rings (SSSR count). The van der Waals surface area contributed by atoms with E-state index >= 15 is 0 Å². The van der Waals surface area contributed by atoms with E-state index in [4.69, 9.17) is 5.11 Å². The van der Waals surface area contributed by atoms with Crippen LogP contribution in [0.25, 0.3) is 0 Å². The van der Waals surface area contributed by atoms with Gasteiger partial charge in [-0.1, -0.05) is 6.92 Å². The van der Waals surface area contributed by atoms with Gasteiger partial charge in [0.2, 0.25) is 0 Å². The molecule has 0 spiro atoms. The van der Waals surface area contributed by atoms with Gasteiger partial charge in [0.25, 0.3) is 0 Å². The fourth-order valence-corrected chi connectivity index (χ4v) is 1.76. The molecule has 0 heterocycles. The second-order valence-corrected chi connectivity index (χ2v) is 4.09. The fraction of sp³-hybridized carbons (Fsp3) is 0.667. The average Bonchev–Trinajstić information content (AvgIpc) is 2.22. The van der Waals surface area contributed by atoms with Crippen LogP contribution in [-0.4, -0.2) is 34.4 Å². The zero-order valence-corrected chi connectivity index (χ0v) is 9.86. The minimum atomic E-state index is -0.525. The number of aliphatic hydroxyl groups excluding tert-OH is 2. The Bertz CT molecular complexity index is 329. The van der Waals surface area contributed by atoms with Crippen LogP contribution in [0.3, 0.4) is 0 Å². The molecule has 90 valence electrons. The van der Waals surface area contributed by atoms with Crippen LogP contribution < -0.4 is 0 Å². The Labute approximate surface area is 95.7 Å². The first-order valence-corrected chi connectivity index (χ1v) is 5.73. The molecule has 4 nitrogen and oxygen atoms in total. The van der Waals surface area contributed by atoms with Gasteiger partial charge >= 0.3 is 0 Å². The van der Waals surface area contributed by atoms with Crippen molar-refractivity contribution < 1.29 is 15.0 Å². The number of rotatable bonds is 4. The Hall–Kier alpha value is -1.16. The van der Waals surface area contributed by atoms with Crippen molar-refractivity contribution in [2.75, 3.05) is 6.54 Å². The molecular weight excluding hydrogens is 206 g/mol. The van der Waals surface area contributed by atoms with Crippen molar-refractivity contribution in [1.29, 1.82) is 0 Å². The van der Waals surface area contributed by atoms with E-state index in [2.05, 4.69) is 4.99 Å². The van der Waals surface area contributed by atoms with Gasteiger partial charge in [-0.25, -0.2) is 0 Å². The number of hydrogen-bond acceptors (Lipinski definition) is 4. The largest absolute Gasteiger partial charge is 0.511 e.